The Hall–Kier alpha value is -3.38. The van der Waals surface area contributed by atoms with Crippen LogP contribution in [0.25, 0.3) is 0 Å². The van der Waals surface area contributed by atoms with Gasteiger partial charge in [0, 0.05) is 18.8 Å². The molecule has 3 aromatic rings. The summed E-state index contributed by atoms with van der Waals surface area (Å²) in [4.78, 5) is 15.4. The summed E-state index contributed by atoms with van der Waals surface area (Å²) in [5, 5.41) is 16.1. The number of rotatable bonds is 6. The molecule has 1 aliphatic rings. The Bertz CT molecular complexity index is 1020. The SMILES string of the molecule is Cc1ccc(Oc2ccc3c(c2)CCN[C@H]3CNc2cnccc2C(=O)O)cc1. The minimum Gasteiger partial charge on any atom is -0.478 e. The zero-order valence-electron chi connectivity index (χ0n) is 16.2. The summed E-state index contributed by atoms with van der Waals surface area (Å²) in [7, 11) is 0. The van der Waals surface area contributed by atoms with E-state index in [4.69, 9.17) is 4.74 Å². The van der Waals surface area contributed by atoms with Crippen molar-refractivity contribution in [2.24, 2.45) is 0 Å². The van der Waals surface area contributed by atoms with Crippen LogP contribution >= 0.6 is 0 Å². The van der Waals surface area contributed by atoms with Crippen molar-refractivity contribution in [3.05, 3.63) is 83.2 Å². The van der Waals surface area contributed by atoms with E-state index in [9.17, 15) is 9.90 Å². The molecule has 29 heavy (non-hydrogen) atoms. The van der Waals surface area contributed by atoms with E-state index in [0.717, 1.165) is 24.5 Å². The molecule has 1 atom stereocenters. The van der Waals surface area contributed by atoms with Gasteiger partial charge in [-0.25, -0.2) is 4.79 Å². The zero-order chi connectivity index (χ0) is 20.2. The van der Waals surface area contributed by atoms with Gasteiger partial charge >= 0.3 is 5.97 Å². The Labute approximate surface area is 169 Å². The lowest BCUT2D eigenvalue weighted by Crippen LogP contribution is -2.34. The standard InChI is InChI=1S/C23H23N3O3/c1-15-2-4-17(5-3-15)29-18-6-7-19-16(12-18)8-11-25-22(19)14-26-21-13-24-10-9-20(21)23(27)28/h2-7,9-10,12-13,22,25-26H,8,11,14H2,1H3,(H,27,28)/t22-/m0/s1. The van der Waals surface area contributed by atoms with Crippen molar-refractivity contribution in [3.8, 4) is 11.5 Å². The third kappa shape index (κ3) is 4.38. The van der Waals surface area contributed by atoms with E-state index in [2.05, 4.69) is 34.7 Å². The largest absolute Gasteiger partial charge is 0.478 e. The maximum Gasteiger partial charge on any atom is 0.337 e. The maximum atomic E-state index is 11.4. The fourth-order valence-electron chi connectivity index (χ4n) is 3.55. The number of hydrogen-bond donors (Lipinski definition) is 3. The van der Waals surface area contributed by atoms with Crippen LogP contribution in [0, 0.1) is 6.92 Å². The van der Waals surface area contributed by atoms with Crippen molar-refractivity contribution in [1.82, 2.24) is 10.3 Å². The second-order valence-electron chi connectivity index (χ2n) is 7.14. The van der Waals surface area contributed by atoms with Crippen molar-refractivity contribution in [2.45, 2.75) is 19.4 Å². The van der Waals surface area contributed by atoms with Gasteiger partial charge < -0.3 is 20.5 Å². The van der Waals surface area contributed by atoms with Gasteiger partial charge in [0.15, 0.2) is 0 Å². The monoisotopic (exact) mass is 389 g/mol. The summed E-state index contributed by atoms with van der Waals surface area (Å²) >= 11 is 0. The van der Waals surface area contributed by atoms with Gasteiger partial charge in [0.2, 0.25) is 0 Å². The van der Waals surface area contributed by atoms with E-state index in [1.807, 2.05) is 30.3 Å². The third-order valence-electron chi connectivity index (χ3n) is 5.08. The predicted octanol–water partition coefficient (Wildman–Crippen LogP) is 4.18. The highest BCUT2D eigenvalue weighted by atomic mass is 16.5. The van der Waals surface area contributed by atoms with E-state index < -0.39 is 5.97 Å². The molecule has 0 spiro atoms. The van der Waals surface area contributed by atoms with Gasteiger partial charge in [0.25, 0.3) is 0 Å². The van der Waals surface area contributed by atoms with Gasteiger partial charge in [-0.2, -0.15) is 0 Å². The quantitative estimate of drug-likeness (QED) is 0.587. The minimum atomic E-state index is -0.968. The summed E-state index contributed by atoms with van der Waals surface area (Å²) in [5.41, 5.74) is 4.38. The molecule has 0 aliphatic carbocycles. The van der Waals surface area contributed by atoms with Crippen LogP contribution in [-0.2, 0) is 6.42 Å². The molecule has 3 N–H and O–H groups in total. The van der Waals surface area contributed by atoms with Crippen molar-refractivity contribution in [3.63, 3.8) is 0 Å². The number of nitrogens with zero attached hydrogens (tertiary/aromatic N) is 1. The number of hydrogen-bond acceptors (Lipinski definition) is 5. The normalized spacial score (nSPS) is 15.4. The van der Waals surface area contributed by atoms with Crippen LogP contribution in [0.1, 0.15) is 33.1 Å². The molecule has 148 valence electrons. The number of carbonyl (C=O) groups is 1. The lowest BCUT2D eigenvalue weighted by atomic mass is 9.94. The molecule has 0 radical (unpaired) electrons. The van der Waals surface area contributed by atoms with Crippen LogP contribution in [0.15, 0.2) is 60.9 Å². The Kier molecular flexibility index (Phi) is 5.44. The van der Waals surface area contributed by atoms with E-state index in [-0.39, 0.29) is 11.6 Å². The molecule has 2 aromatic carbocycles. The fraction of sp³-hybridized carbons (Fsp3) is 0.217. The highest BCUT2D eigenvalue weighted by Gasteiger charge is 2.21. The third-order valence-corrected chi connectivity index (χ3v) is 5.08. The maximum absolute atomic E-state index is 11.4. The zero-order valence-corrected chi connectivity index (χ0v) is 16.2. The second kappa shape index (κ2) is 8.32. The first-order valence-electron chi connectivity index (χ1n) is 9.62. The van der Waals surface area contributed by atoms with Crippen LogP contribution < -0.4 is 15.4 Å². The lowest BCUT2D eigenvalue weighted by molar-refractivity contribution is 0.0697. The van der Waals surface area contributed by atoms with Crippen molar-refractivity contribution in [1.29, 1.82) is 0 Å². The number of anilines is 1. The smallest absolute Gasteiger partial charge is 0.337 e. The number of aromatic nitrogens is 1. The van der Waals surface area contributed by atoms with Gasteiger partial charge in [0.05, 0.1) is 17.4 Å². The molecule has 0 amide bonds. The van der Waals surface area contributed by atoms with Crippen LogP contribution in [-0.4, -0.2) is 29.1 Å². The van der Waals surface area contributed by atoms with Crippen molar-refractivity contribution < 1.29 is 14.6 Å². The van der Waals surface area contributed by atoms with Crippen LogP contribution in [0.2, 0.25) is 0 Å². The van der Waals surface area contributed by atoms with Crippen molar-refractivity contribution in [2.75, 3.05) is 18.4 Å². The summed E-state index contributed by atoms with van der Waals surface area (Å²) < 4.78 is 6.00. The van der Waals surface area contributed by atoms with Crippen LogP contribution in [0.3, 0.4) is 0 Å². The number of ether oxygens (including phenoxy) is 1. The number of aromatic carboxylic acids is 1. The van der Waals surface area contributed by atoms with Gasteiger partial charge in [-0.1, -0.05) is 23.8 Å². The Morgan fingerprint density at radius 2 is 2.00 bits per heavy atom. The Balaban J connectivity index is 1.48. The van der Waals surface area contributed by atoms with E-state index in [0.29, 0.717) is 12.2 Å². The molecule has 0 bridgehead atoms. The first kappa shape index (κ1) is 19.0. The molecular formula is C23H23N3O3. The first-order chi connectivity index (χ1) is 14.1. The predicted molar refractivity (Wildman–Crippen MR) is 112 cm³/mol. The summed E-state index contributed by atoms with van der Waals surface area (Å²) in [6.45, 7) is 3.47. The number of carboxylic acid groups (broad SMARTS) is 1. The minimum absolute atomic E-state index is 0.0778. The average Bonchev–Trinajstić information content (AvgIpc) is 2.74. The second-order valence-corrected chi connectivity index (χ2v) is 7.14. The summed E-state index contributed by atoms with van der Waals surface area (Å²) in [6.07, 6.45) is 3.95. The molecule has 1 aromatic heterocycles. The number of carboxylic acids is 1. The molecule has 0 saturated carbocycles. The lowest BCUT2D eigenvalue weighted by Gasteiger charge is -2.28. The molecule has 6 nitrogen and oxygen atoms in total. The summed E-state index contributed by atoms with van der Waals surface area (Å²) in [6, 6.07) is 15.7. The highest BCUT2D eigenvalue weighted by molar-refractivity contribution is 5.93. The van der Waals surface area contributed by atoms with Gasteiger partial charge in [-0.05, 0) is 61.3 Å². The molecule has 1 aliphatic heterocycles. The Morgan fingerprint density at radius 1 is 1.21 bits per heavy atom. The highest BCUT2D eigenvalue weighted by Crippen LogP contribution is 2.30. The molecule has 6 heteroatoms. The number of fused-ring (bicyclic) bond motifs is 1. The summed E-state index contributed by atoms with van der Waals surface area (Å²) in [5.74, 6) is 0.673. The number of aryl methyl sites for hydroxylation is 1. The number of pyridine rings is 1. The topological polar surface area (TPSA) is 83.5 Å². The molecule has 4 rings (SSSR count). The van der Waals surface area contributed by atoms with E-state index >= 15 is 0 Å². The fourth-order valence-corrected chi connectivity index (χ4v) is 3.55. The van der Waals surface area contributed by atoms with Crippen LogP contribution in [0.4, 0.5) is 5.69 Å². The molecule has 0 saturated heterocycles. The first-order valence-corrected chi connectivity index (χ1v) is 9.62. The number of benzene rings is 2. The van der Waals surface area contributed by atoms with E-state index in [1.54, 1.807) is 6.20 Å². The van der Waals surface area contributed by atoms with Crippen molar-refractivity contribution >= 4 is 11.7 Å². The van der Waals surface area contributed by atoms with Gasteiger partial charge in [-0.3, -0.25) is 4.98 Å². The van der Waals surface area contributed by atoms with Gasteiger partial charge in [0.1, 0.15) is 11.5 Å². The van der Waals surface area contributed by atoms with E-state index in [1.165, 1.54) is 29.0 Å². The van der Waals surface area contributed by atoms with Crippen LogP contribution in [0.5, 0.6) is 11.5 Å². The molecule has 2 heterocycles. The van der Waals surface area contributed by atoms with Gasteiger partial charge in [-0.15, -0.1) is 0 Å². The molecule has 0 unspecified atom stereocenters. The molecular weight excluding hydrogens is 366 g/mol. The molecule has 0 fully saturated rings. The Morgan fingerprint density at radius 3 is 2.79 bits per heavy atom. The number of nitrogens with one attached hydrogen (secondary N) is 2. The average molecular weight is 389 g/mol.